The molecule has 5 heteroatoms. The standard InChI is InChI=1S/C22H25N3OS/c1-3-20(21(26)24-18-11-8-7-9-15(18)2)27-22-17(14-23)13-16-10-5-4-6-12-19(16)25-22/h7-9,11,13,20H,3-6,10,12H2,1-2H3,(H,24,26). The summed E-state index contributed by atoms with van der Waals surface area (Å²) in [5.74, 6) is -0.0440. The van der Waals surface area contributed by atoms with Crippen LogP contribution >= 0.6 is 11.8 Å². The number of para-hydroxylation sites is 1. The average molecular weight is 380 g/mol. The molecule has 0 fully saturated rings. The van der Waals surface area contributed by atoms with Gasteiger partial charge in [-0.1, -0.05) is 43.3 Å². The number of amides is 1. The lowest BCUT2D eigenvalue weighted by Gasteiger charge is -2.17. The van der Waals surface area contributed by atoms with Crippen LogP contribution in [0.4, 0.5) is 5.69 Å². The Labute approximate surface area is 165 Å². The molecule has 1 aliphatic rings. The van der Waals surface area contributed by atoms with Gasteiger partial charge in [0.15, 0.2) is 0 Å². The minimum absolute atomic E-state index is 0.0440. The van der Waals surface area contributed by atoms with E-state index in [4.69, 9.17) is 4.98 Å². The van der Waals surface area contributed by atoms with Gasteiger partial charge >= 0.3 is 0 Å². The van der Waals surface area contributed by atoms with Gasteiger partial charge in [-0.05, 0) is 62.3 Å². The van der Waals surface area contributed by atoms with E-state index in [0.717, 1.165) is 42.6 Å². The van der Waals surface area contributed by atoms with Gasteiger partial charge in [-0.25, -0.2) is 4.98 Å². The number of benzene rings is 1. The van der Waals surface area contributed by atoms with E-state index in [2.05, 4.69) is 11.4 Å². The first-order chi connectivity index (χ1) is 13.1. The third kappa shape index (κ3) is 4.70. The third-order valence-electron chi connectivity index (χ3n) is 4.96. The summed E-state index contributed by atoms with van der Waals surface area (Å²) in [5.41, 5.74) is 4.75. The number of nitriles is 1. The monoisotopic (exact) mass is 379 g/mol. The number of carbonyl (C=O) groups excluding carboxylic acids is 1. The first-order valence-electron chi connectivity index (χ1n) is 9.58. The number of hydrogen-bond donors (Lipinski definition) is 1. The first kappa shape index (κ1) is 19.4. The smallest absolute Gasteiger partial charge is 0.237 e. The van der Waals surface area contributed by atoms with Gasteiger partial charge < -0.3 is 5.32 Å². The fourth-order valence-electron chi connectivity index (χ4n) is 3.34. The van der Waals surface area contributed by atoms with Crippen molar-refractivity contribution in [2.45, 2.75) is 62.6 Å². The molecule has 1 aliphatic carbocycles. The molecule has 0 saturated heterocycles. The minimum atomic E-state index is -0.284. The number of nitrogens with one attached hydrogen (secondary N) is 1. The Hall–Kier alpha value is -2.32. The summed E-state index contributed by atoms with van der Waals surface area (Å²) >= 11 is 1.41. The molecule has 1 aromatic carbocycles. The van der Waals surface area contributed by atoms with Crippen molar-refractivity contribution in [3.8, 4) is 6.07 Å². The average Bonchev–Trinajstić information content (AvgIpc) is 2.91. The van der Waals surface area contributed by atoms with Gasteiger partial charge in [0.1, 0.15) is 11.1 Å². The molecule has 0 spiro atoms. The Morgan fingerprint density at radius 2 is 2.07 bits per heavy atom. The van der Waals surface area contributed by atoms with Crippen LogP contribution in [0.1, 0.15) is 55.0 Å². The Morgan fingerprint density at radius 3 is 2.81 bits per heavy atom. The number of pyridine rings is 1. The van der Waals surface area contributed by atoms with Crippen LogP contribution in [0.5, 0.6) is 0 Å². The highest BCUT2D eigenvalue weighted by molar-refractivity contribution is 8.00. The largest absolute Gasteiger partial charge is 0.325 e. The van der Waals surface area contributed by atoms with Gasteiger partial charge in [0.25, 0.3) is 0 Å². The Bertz CT molecular complexity index is 872. The molecule has 140 valence electrons. The number of anilines is 1. The third-order valence-corrected chi connectivity index (χ3v) is 6.32. The second-order valence-corrected chi connectivity index (χ2v) is 8.13. The van der Waals surface area contributed by atoms with E-state index in [0.29, 0.717) is 17.0 Å². The molecule has 1 heterocycles. The van der Waals surface area contributed by atoms with Gasteiger partial charge in [0, 0.05) is 11.4 Å². The molecule has 4 nitrogen and oxygen atoms in total. The minimum Gasteiger partial charge on any atom is -0.325 e. The van der Waals surface area contributed by atoms with Gasteiger partial charge in [0.05, 0.1) is 10.8 Å². The highest BCUT2D eigenvalue weighted by Crippen LogP contribution is 2.31. The molecule has 1 aromatic heterocycles. The zero-order valence-corrected chi connectivity index (χ0v) is 16.7. The van der Waals surface area contributed by atoms with Crippen molar-refractivity contribution in [2.24, 2.45) is 0 Å². The Balaban J connectivity index is 1.81. The number of fused-ring (bicyclic) bond motifs is 1. The van der Waals surface area contributed by atoms with E-state index in [1.807, 2.05) is 44.2 Å². The summed E-state index contributed by atoms with van der Waals surface area (Å²) in [5, 5.41) is 13.0. The zero-order valence-electron chi connectivity index (χ0n) is 15.9. The summed E-state index contributed by atoms with van der Waals surface area (Å²) in [6.45, 7) is 3.97. The van der Waals surface area contributed by atoms with Gasteiger partial charge in [0.2, 0.25) is 5.91 Å². The lowest BCUT2D eigenvalue weighted by atomic mass is 10.1. The normalized spacial score (nSPS) is 14.6. The van der Waals surface area contributed by atoms with Crippen LogP contribution in [0, 0.1) is 18.3 Å². The summed E-state index contributed by atoms with van der Waals surface area (Å²) in [6.07, 6.45) is 6.13. The van der Waals surface area contributed by atoms with E-state index in [1.165, 1.54) is 23.7 Å². The van der Waals surface area contributed by atoms with Gasteiger partial charge in [-0.3, -0.25) is 4.79 Å². The maximum absolute atomic E-state index is 12.8. The summed E-state index contributed by atoms with van der Waals surface area (Å²) in [7, 11) is 0. The molecule has 1 atom stereocenters. The molecule has 0 radical (unpaired) electrons. The fraction of sp³-hybridized carbons (Fsp3) is 0.409. The Morgan fingerprint density at radius 1 is 1.30 bits per heavy atom. The summed E-state index contributed by atoms with van der Waals surface area (Å²) < 4.78 is 0. The highest BCUT2D eigenvalue weighted by Gasteiger charge is 2.22. The predicted molar refractivity (Wildman–Crippen MR) is 110 cm³/mol. The van der Waals surface area contributed by atoms with E-state index in [1.54, 1.807) is 0 Å². The van der Waals surface area contributed by atoms with Crippen molar-refractivity contribution in [1.29, 1.82) is 5.26 Å². The first-order valence-corrected chi connectivity index (χ1v) is 10.5. The van der Waals surface area contributed by atoms with Crippen molar-refractivity contribution < 1.29 is 4.79 Å². The molecule has 1 amide bonds. The van der Waals surface area contributed by atoms with Crippen LogP contribution in [0.2, 0.25) is 0 Å². The number of aromatic nitrogens is 1. The molecule has 2 aromatic rings. The lowest BCUT2D eigenvalue weighted by Crippen LogP contribution is -2.25. The van der Waals surface area contributed by atoms with Crippen molar-refractivity contribution in [2.75, 3.05) is 5.32 Å². The van der Waals surface area contributed by atoms with Crippen LogP contribution in [-0.2, 0) is 17.6 Å². The molecule has 1 N–H and O–H groups in total. The Kier molecular flexibility index (Phi) is 6.52. The number of nitrogens with zero attached hydrogens (tertiary/aromatic N) is 2. The molecule has 0 aliphatic heterocycles. The van der Waals surface area contributed by atoms with E-state index < -0.39 is 0 Å². The molecule has 27 heavy (non-hydrogen) atoms. The maximum atomic E-state index is 12.8. The molecular formula is C22H25N3OS. The van der Waals surface area contributed by atoms with Crippen molar-refractivity contribution in [1.82, 2.24) is 4.98 Å². The number of thioether (sulfide) groups is 1. The SMILES string of the molecule is CCC(Sc1nc2c(cc1C#N)CCCCC2)C(=O)Nc1ccccc1C. The molecule has 1 unspecified atom stereocenters. The van der Waals surface area contributed by atoms with Crippen LogP contribution in [0.3, 0.4) is 0 Å². The topological polar surface area (TPSA) is 65.8 Å². The van der Waals surface area contributed by atoms with Crippen LogP contribution < -0.4 is 5.32 Å². The number of hydrogen-bond acceptors (Lipinski definition) is 4. The van der Waals surface area contributed by atoms with E-state index in [-0.39, 0.29) is 11.2 Å². The van der Waals surface area contributed by atoms with Crippen molar-refractivity contribution in [3.05, 3.63) is 52.7 Å². The van der Waals surface area contributed by atoms with Gasteiger partial charge in [-0.15, -0.1) is 0 Å². The molecular weight excluding hydrogens is 354 g/mol. The molecule has 3 rings (SSSR count). The van der Waals surface area contributed by atoms with Crippen molar-refractivity contribution >= 4 is 23.4 Å². The summed E-state index contributed by atoms with van der Waals surface area (Å²) in [4.78, 5) is 17.6. The zero-order chi connectivity index (χ0) is 19.2. The van der Waals surface area contributed by atoms with Crippen LogP contribution in [0.25, 0.3) is 0 Å². The summed E-state index contributed by atoms with van der Waals surface area (Å²) in [6, 6.07) is 12.0. The fourth-order valence-corrected chi connectivity index (χ4v) is 4.34. The highest BCUT2D eigenvalue weighted by atomic mass is 32.2. The number of carbonyl (C=O) groups is 1. The van der Waals surface area contributed by atoms with Crippen LogP contribution in [0.15, 0.2) is 35.4 Å². The second-order valence-electron chi connectivity index (χ2n) is 6.94. The van der Waals surface area contributed by atoms with Gasteiger partial charge in [-0.2, -0.15) is 5.26 Å². The number of rotatable bonds is 5. The van der Waals surface area contributed by atoms with E-state index in [9.17, 15) is 10.1 Å². The van der Waals surface area contributed by atoms with E-state index >= 15 is 0 Å². The quantitative estimate of drug-likeness (QED) is 0.584. The maximum Gasteiger partial charge on any atom is 0.237 e. The lowest BCUT2D eigenvalue weighted by molar-refractivity contribution is -0.115. The molecule has 0 saturated carbocycles. The van der Waals surface area contributed by atoms with Crippen LogP contribution in [-0.4, -0.2) is 16.1 Å². The predicted octanol–water partition coefficient (Wildman–Crippen LogP) is 5.04. The molecule has 0 bridgehead atoms. The second kappa shape index (κ2) is 9.05. The number of aryl methyl sites for hydroxylation is 3. The van der Waals surface area contributed by atoms with Crippen molar-refractivity contribution in [3.63, 3.8) is 0 Å².